The van der Waals surface area contributed by atoms with Crippen LogP contribution in [0.1, 0.15) is 67.6 Å². The molecule has 7 heteroatoms. The van der Waals surface area contributed by atoms with Crippen molar-refractivity contribution < 1.29 is 14.0 Å². The van der Waals surface area contributed by atoms with Crippen LogP contribution in [-0.2, 0) is 24.4 Å². The zero-order valence-electron chi connectivity index (χ0n) is 22.4. The molecule has 3 heterocycles. The SMILES string of the molecule is CCCN(Cc1cccn1Cc1ccc(C(=O)NC2CCN(Cc3ccccc3)CC2)o1)C(=O)C(C)C. The van der Waals surface area contributed by atoms with E-state index in [0.717, 1.165) is 56.9 Å². The molecule has 1 aliphatic rings. The minimum absolute atomic E-state index is 0.0304. The van der Waals surface area contributed by atoms with E-state index in [1.165, 1.54) is 5.56 Å². The van der Waals surface area contributed by atoms with Crippen LogP contribution in [0.2, 0.25) is 0 Å². The smallest absolute Gasteiger partial charge is 0.287 e. The standard InChI is InChI=1S/C30H40N4O3/c1-4-16-34(30(36)23(2)3)21-26-11-8-17-33(26)22-27-12-13-28(37-27)29(35)31-25-14-18-32(19-15-25)20-24-9-6-5-7-10-24/h5-13,17,23,25H,4,14-16,18-22H2,1-3H3,(H,31,35). The lowest BCUT2D eigenvalue weighted by molar-refractivity contribution is -0.135. The summed E-state index contributed by atoms with van der Waals surface area (Å²) in [5.41, 5.74) is 2.37. The molecular weight excluding hydrogens is 464 g/mol. The van der Waals surface area contributed by atoms with Crippen LogP contribution in [-0.4, -0.2) is 51.9 Å². The van der Waals surface area contributed by atoms with Crippen molar-refractivity contribution in [2.45, 2.75) is 65.7 Å². The normalized spacial score (nSPS) is 14.7. The van der Waals surface area contributed by atoms with Gasteiger partial charge in [0, 0.05) is 50.0 Å². The lowest BCUT2D eigenvalue weighted by Crippen LogP contribution is -2.44. The lowest BCUT2D eigenvalue weighted by Gasteiger charge is -2.32. The lowest BCUT2D eigenvalue weighted by atomic mass is 10.0. The summed E-state index contributed by atoms with van der Waals surface area (Å²) in [6.45, 7) is 10.7. The van der Waals surface area contributed by atoms with Crippen molar-refractivity contribution in [3.63, 3.8) is 0 Å². The molecule has 0 saturated carbocycles. The second-order valence-corrected chi connectivity index (χ2v) is 10.3. The Labute approximate surface area is 220 Å². The Morgan fingerprint density at radius 3 is 2.49 bits per heavy atom. The predicted molar refractivity (Wildman–Crippen MR) is 145 cm³/mol. The van der Waals surface area contributed by atoms with Gasteiger partial charge in [0.15, 0.2) is 5.76 Å². The number of amides is 2. The third kappa shape index (κ3) is 7.35. The van der Waals surface area contributed by atoms with Crippen LogP contribution >= 0.6 is 0 Å². The molecule has 1 saturated heterocycles. The van der Waals surface area contributed by atoms with Crippen molar-refractivity contribution in [3.05, 3.63) is 83.6 Å². The highest BCUT2D eigenvalue weighted by molar-refractivity contribution is 5.91. The van der Waals surface area contributed by atoms with Gasteiger partial charge in [-0.1, -0.05) is 51.1 Å². The average molecular weight is 505 g/mol. The van der Waals surface area contributed by atoms with Crippen LogP contribution in [0.4, 0.5) is 0 Å². The summed E-state index contributed by atoms with van der Waals surface area (Å²) in [6, 6.07) is 18.3. The van der Waals surface area contributed by atoms with Crippen molar-refractivity contribution in [3.8, 4) is 0 Å². The number of piperidine rings is 1. The Bertz CT molecular complexity index is 1140. The van der Waals surface area contributed by atoms with Gasteiger partial charge in [-0.05, 0) is 49.1 Å². The van der Waals surface area contributed by atoms with Gasteiger partial charge in [-0.25, -0.2) is 0 Å². The molecule has 37 heavy (non-hydrogen) atoms. The topological polar surface area (TPSA) is 70.7 Å². The molecule has 0 unspecified atom stereocenters. The predicted octanol–water partition coefficient (Wildman–Crippen LogP) is 4.92. The van der Waals surface area contributed by atoms with Gasteiger partial charge in [0.1, 0.15) is 5.76 Å². The summed E-state index contributed by atoms with van der Waals surface area (Å²) < 4.78 is 8.01. The highest BCUT2D eigenvalue weighted by Gasteiger charge is 2.23. The molecule has 0 radical (unpaired) electrons. The molecule has 0 bridgehead atoms. The first-order valence-corrected chi connectivity index (χ1v) is 13.5. The van der Waals surface area contributed by atoms with Crippen LogP contribution in [0.5, 0.6) is 0 Å². The highest BCUT2D eigenvalue weighted by atomic mass is 16.4. The molecule has 1 fully saturated rings. The number of hydrogen-bond donors (Lipinski definition) is 1. The quantitative estimate of drug-likeness (QED) is 0.402. The maximum Gasteiger partial charge on any atom is 0.287 e. The molecule has 1 aromatic carbocycles. The molecule has 0 aliphatic carbocycles. The van der Waals surface area contributed by atoms with Crippen LogP contribution in [0, 0.1) is 5.92 Å². The minimum atomic E-state index is -0.155. The summed E-state index contributed by atoms with van der Waals surface area (Å²) in [5.74, 6) is 1.04. The largest absolute Gasteiger partial charge is 0.454 e. The van der Waals surface area contributed by atoms with E-state index >= 15 is 0 Å². The van der Waals surface area contributed by atoms with Gasteiger partial charge in [-0.3, -0.25) is 14.5 Å². The fraction of sp³-hybridized carbons (Fsp3) is 0.467. The van der Waals surface area contributed by atoms with Crippen molar-refractivity contribution >= 4 is 11.8 Å². The molecule has 1 N–H and O–H groups in total. The number of aromatic nitrogens is 1. The Hall–Kier alpha value is -3.32. The van der Waals surface area contributed by atoms with Crippen LogP contribution in [0.3, 0.4) is 0 Å². The van der Waals surface area contributed by atoms with E-state index in [9.17, 15) is 9.59 Å². The van der Waals surface area contributed by atoms with Gasteiger partial charge in [0.05, 0.1) is 13.1 Å². The van der Waals surface area contributed by atoms with E-state index in [-0.39, 0.29) is 23.8 Å². The van der Waals surface area contributed by atoms with Gasteiger partial charge >= 0.3 is 0 Å². The molecule has 1 aliphatic heterocycles. The second-order valence-electron chi connectivity index (χ2n) is 10.3. The number of hydrogen-bond acceptors (Lipinski definition) is 4. The summed E-state index contributed by atoms with van der Waals surface area (Å²) in [6.07, 6.45) is 4.77. The maximum absolute atomic E-state index is 12.9. The van der Waals surface area contributed by atoms with Gasteiger partial charge < -0.3 is 19.2 Å². The number of nitrogens with zero attached hydrogens (tertiary/aromatic N) is 3. The van der Waals surface area contributed by atoms with Gasteiger partial charge in [0.2, 0.25) is 5.91 Å². The van der Waals surface area contributed by atoms with Crippen molar-refractivity contribution in [1.29, 1.82) is 0 Å². The van der Waals surface area contributed by atoms with E-state index in [2.05, 4.69) is 46.0 Å². The Kier molecular flexibility index (Phi) is 9.23. The minimum Gasteiger partial charge on any atom is -0.454 e. The summed E-state index contributed by atoms with van der Waals surface area (Å²) in [5, 5.41) is 3.16. The van der Waals surface area contributed by atoms with E-state index < -0.39 is 0 Å². The molecule has 3 aromatic rings. The van der Waals surface area contributed by atoms with E-state index in [1.54, 1.807) is 6.07 Å². The first-order chi connectivity index (χ1) is 17.9. The number of carbonyl (C=O) groups excluding carboxylic acids is 2. The number of nitrogens with one attached hydrogen (secondary N) is 1. The molecule has 2 aromatic heterocycles. The van der Waals surface area contributed by atoms with E-state index in [4.69, 9.17) is 4.42 Å². The fourth-order valence-electron chi connectivity index (χ4n) is 4.93. The van der Waals surface area contributed by atoms with Crippen LogP contribution in [0.15, 0.2) is 65.2 Å². The molecule has 7 nitrogen and oxygen atoms in total. The monoisotopic (exact) mass is 504 g/mol. The number of furan rings is 1. The fourth-order valence-corrected chi connectivity index (χ4v) is 4.93. The number of carbonyl (C=O) groups is 2. The van der Waals surface area contributed by atoms with Crippen molar-refractivity contribution in [2.75, 3.05) is 19.6 Å². The van der Waals surface area contributed by atoms with Crippen molar-refractivity contribution in [1.82, 2.24) is 19.7 Å². The average Bonchev–Trinajstić information content (AvgIpc) is 3.55. The Balaban J connectivity index is 1.29. The summed E-state index contributed by atoms with van der Waals surface area (Å²) in [7, 11) is 0. The molecule has 0 atom stereocenters. The van der Waals surface area contributed by atoms with Crippen LogP contribution in [0.25, 0.3) is 0 Å². The van der Waals surface area contributed by atoms with Gasteiger partial charge in [-0.2, -0.15) is 0 Å². The first-order valence-electron chi connectivity index (χ1n) is 13.5. The first kappa shape index (κ1) is 26.7. The molecule has 2 amide bonds. The second kappa shape index (κ2) is 12.8. The van der Waals surface area contributed by atoms with Crippen molar-refractivity contribution in [2.24, 2.45) is 5.92 Å². The third-order valence-corrected chi connectivity index (χ3v) is 6.96. The number of rotatable bonds is 11. The van der Waals surface area contributed by atoms with Crippen LogP contribution < -0.4 is 5.32 Å². The molecule has 198 valence electrons. The zero-order valence-corrected chi connectivity index (χ0v) is 22.4. The highest BCUT2D eigenvalue weighted by Crippen LogP contribution is 2.17. The zero-order chi connectivity index (χ0) is 26.2. The van der Waals surface area contributed by atoms with E-state index in [1.807, 2.05) is 49.2 Å². The molecule has 0 spiro atoms. The third-order valence-electron chi connectivity index (χ3n) is 6.96. The summed E-state index contributed by atoms with van der Waals surface area (Å²) in [4.78, 5) is 29.8. The summed E-state index contributed by atoms with van der Waals surface area (Å²) >= 11 is 0. The van der Waals surface area contributed by atoms with E-state index in [0.29, 0.717) is 18.8 Å². The number of benzene rings is 1. The molecular formula is C30H40N4O3. The maximum atomic E-state index is 12.9. The van der Waals surface area contributed by atoms with Gasteiger partial charge in [0.25, 0.3) is 5.91 Å². The number of likely N-dealkylation sites (tertiary alicyclic amines) is 1. The Morgan fingerprint density at radius 2 is 1.78 bits per heavy atom. The Morgan fingerprint density at radius 1 is 1.03 bits per heavy atom. The molecule has 4 rings (SSSR count). The van der Waals surface area contributed by atoms with Gasteiger partial charge in [-0.15, -0.1) is 0 Å².